The zero-order valence-electron chi connectivity index (χ0n) is 33.1. The molecule has 1 aliphatic carbocycles. The van der Waals surface area contributed by atoms with Gasteiger partial charge in [-0.05, 0) is 75.9 Å². The number of halogens is 3. The van der Waals surface area contributed by atoms with E-state index in [4.69, 9.17) is 42.1 Å². The molecular weight excluding hydrogens is 778 g/mol. The SMILES string of the molecule is COc1cc(C(=O)OCCOC(=O)[C@H](C)NC(=O)OC(C)(C)C)ccc1NC(=O)[C@@H]1NC(CC(C)(C)C)[C@](C#N)(c2ccc(Cl)cc2F)C1C1C#CC(Cl)=CC=C1. The lowest BCUT2D eigenvalue weighted by Gasteiger charge is -2.38. The van der Waals surface area contributed by atoms with Crippen LogP contribution in [0.5, 0.6) is 5.75 Å². The molecule has 2 aliphatic rings. The molecule has 2 aromatic rings. The van der Waals surface area contributed by atoms with Crippen molar-refractivity contribution in [3.8, 4) is 23.7 Å². The van der Waals surface area contributed by atoms with E-state index in [0.29, 0.717) is 6.42 Å². The normalized spacial score (nSPS) is 22.0. The van der Waals surface area contributed by atoms with E-state index in [1.165, 1.54) is 44.4 Å². The first-order chi connectivity index (χ1) is 26.7. The predicted octanol–water partition coefficient (Wildman–Crippen LogP) is 7.21. The summed E-state index contributed by atoms with van der Waals surface area (Å²) in [6.07, 6.45) is 4.63. The van der Waals surface area contributed by atoms with Crippen LogP contribution in [0.2, 0.25) is 5.02 Å². The lowest BCUT2D eigenvalue weighted by atomic mass is 9.61. The minimum Gasteiger partial charge on any atom is -0.495 e. The van der Waals surface area contributed by atoms with Gasteiger partial charge in [0, 0.05) is 28.5 Å². The number of carbonyl (C=O) groups excluding carboxylic acids is 4. The van der Waals surface area contributed by atoms with E-state index in [2.05, 4.69) is 33.9 Å². The number of anilines is 1. The molecular formula is C42H47Cl2FN4O8. The molecule has 57 heavy (non-hydrogen) atoms. The van der Waals surface area contributed by atoms with Crippen LogP contribution in [0.15, 0.2) is 59.7 Å². The van der Waals surface area contributed by atoms with Crippen LogP contribution < -0.4 is 20.7 Å². The highest BCUT2D eigenvalue weighted by molar-refractivity contribution is 6.32. The van der Waals surface area contributed by atoms with Crippen molar-refractivity contribution in [2.75, 3.05) is 25.6 Å². The summed E-state index contributed by atoms with van der Waals surface area (Å²) in [4.78, 5) is 51.6. The number of alkyl carbamates (subject to hydrolysis) is 1. The van der Waals surface area contributed by atoms with E-state index in [0.717, 1.165) is 6.07 Å². The summed E-state index contributed by atoms with van der Waals surface area (Å²) in [5.74, 6) is 1.66. The van der Waals surface area contributed by atoms with Gasteiger partial charge >= 0.3 is 18.0 Å². The van der Waals surface area contributed by atoms with E-state index in [1.54, 1.807) is 39.0 Å². The highest BCUT2D eigenvalue weighted by Gasteiger charge is 2.61. The molecule has 3 N–H and O–H groups in total. The van der Waals surface area contributed by atoms with E-state index >= 15 is 4.39 Å². The minimum absolute atomic E-state index is 0.0724. The summed E-state index contributed by atoms with van der Waals surface area (Å²) in [5, 5.41) is 20.2. The molecule has 1 fully saturated rings. The fourth-order valence-electron chi connectivity index (χ4n) is 6.79. The Morgan fingerprint density at radius 1 is 1.05 bits per heavy atom. The largest absolute Gasteiger partial charge is 0.495 e. The fraction of sp³-hybridized carbons (Fsp3) is 0.452. The molecule has 304 valence electrons. The van der Waals surface area contributed by atoms with E-state index in [1.807, 2.05) is 20.8 Å². The quantitative estimate of drug-likeness (QED) is 0.0863. The number of hydrogen-bond donors (Lipinski definition) is 3. The smallest absolute Gasteiger partial charge is 0.408 e. The molecule has 4 rings (SSSR count). The first-order valence-electron chi connectivity index (χ1n) is 18.2. The van der Waals surface area contributed by atoms with Crippen molar-refractivity contribution in [2.45, 2.75) is 84.0 Å². The Morgan fingerprint density at radius 2 is 1.75 bits per heavy atom. The summed E-state index contributed by atoms with van der Waals surface area (Å²) >= 11 is 12.4. The molecule has 12 nitrogen and oxygen atoms in total. The lowest BCUT2D eigenvalue weighted by molar-refractivity contribution is -0.146. The number of carbonyl (C=O) groups is 4. The Hall–Kier alpha value is -5.08. The monoisotopic (exact) mass is 824 g/mol. The third-order valence-electron chi connectivity index (χ3n) is 9.12. The Morgan fingerprint density at radius 3 is 2.39 bits per heavy atom. The topological polar surface area (TPSA) is 165 Å². The third-order valence-corrected chi connectivity index (χ3v) is 9.58. The van der Waals surface area contributed by atoms with Crippen molar-refractivity contribution in [3.63, 3.8) is 0 Å². The Kier molecular flexibility index (Phi) is 14.5. The molecule has 1 saturated heterocycles. The van der Waals surface area contributed by atoms with Gasteiger partial charge in [0.15, 0.2) is 0 Å². The van der Waals surface area contributed by atoms with Crippen molar-refractivity contribution in [2.24, 2.45) is 17.3 Å². The van der Waals surface area contributed by atoms with Crippen LogP contribution >= 0.6 is 23.2 Å². The highest BCUT2D eigenvalue weighted by Crippen LogP contribution is 2.51. The van der Waals surface area contributed by atoms with Gasteiger partial charge < -0.3 is 34.9 Å². The first kappa shape index (κ1) is 44.6. The van der Waals surface area contributed by atoms with E-state index in [9.17, 15) is 24.4 Å². The molecule has 0 saturated carbocycles. The fourth-order valence-corrected chi connectivity index (χ4v) is 7.07. The van der Waals surface area contributed by atoms with Crippen molar-refractivity contribution in [1.82, 2.24) is 10.6 Å². The summed E-state index contributed by atoms with van der Waals surface area (Å²) < 4.78 is 37.0. The van der Waals surface area contributed by atoms with Crippen LogP contribution in [0.3, 0.4) is 0 Å². The average Bonchev–Trinajstić information content (AvgIpc) is 3.26. The maximum Gasteiger partial charge on any atom is 0.408 e. The van der Waals surface area contributed by atoms with Gasteiger partial charge in [-0.25, -0.2) is 18.8 Å². The van der Waals surface area contributed by atoms with Gasteiger partial charge in [-0.3, -0.25) is 4.79 Å². The zero-order valence-corrected chi connectivity index (χ0v) is 34.6. The molecule has 6 atom stereocenters. The van der Waals surface area contributed by atoms with Gasteiger partial charge in [-0.15, -0.1) is 0 Å². The predicted molar refractivity (Wildman–Crippen MR) is 213 cm³/mol. The molecule has 0 aromatic heterocycles. The molecule has 0 radical (unpaired) electrons. The number of benzene rings is 2. The Balaban J connectivity index is 1.56. The van der Waals surface area contributed by atoms with Crippen LogP contribution in [-0.4, -0.2) is 68.0 Å². The van der Waals surface area contributed by atoms with Crippen molar-refractivity contribution in [1.29, 1.82) is 5.26 Å². The second-order valence-corrected chi connectivity index (χ2v) is 16.7. The molecule has 1 aliphatic heterocycles. The van der Waals surface area contributed by atoms with Gasteiger partial charge in [0.2, 0.25) is 5.91 Å². The molecule has 0 bridgehead atoms. The Bertz CT molecular complexity index is 2040. The summed E-state index contributed by atoms with van der Waals surface area (Å²) in [6, 6.07) is 8.02. The van der Waals surface area contributed by atoms with E-state index < -0.39 is 70.7 Å². The minimum atomic E-state index is -1.61. The summed E-state index contributed by atoms with van der Waals surface area (Å²) in [5.41, 5.74) is -2.36. The molecule has 15 heteroatoms. The van der Waals surface area contributed by atoms with Crippen LogP contribution in [-0.2, 0) is 29.2 Å². The maximum absolute atomic E-state index is 16.0. The second kappa shape index (κ2) is 18.5. The van der Waals surface area contributed by atoms with E-state index in [-0.39, 0.29) is 51.2 Å². The van der Waals surface area contributed by atoms with Gasteiger partial charge in [0.1, 0.15) is 41.8 Å². The third kappa shape index (κ3) is 11.3. The van der Waals surface area contributed by atoms with Gasteiger partial charge in [-0.1, -0.05) is 74.0 Å². The van der Waals surface area contributed by atoms with Gasteiger partial charge in [-0.2, -0.15) is 5.26 Å². The van der Waals surface area contributed by atoms with Crippen molar-refractivity contribution in [3.05, 3.63) is 81.6 Å². The first-order valence-corrected chi connectivity index (χ1v) is 18.9. The number of nitrogens with one attached hydrogen (secondary N) is 3. The Labute approximate surface area is 342 Å². The van der Waals surface area contributed by atoms with Crippen LogP contribution in [0, 0.1) is 46.2 Å². The van der Waals surface area contributed by atoms with Crippen molar-refractivity contribution >= 4 is 52.8 Å². The van der Waals surface area contributed by atoms with Gasteiger partial charge in [0.05, 0.1) is 35.5 Å². The number of nitriles is 1. The average molecular weight is 826 g/mol. The van der Waals surface area contributed by atoms with Crippen LogP contribution in [0.25, 0.3) is 0 Å². The number of rotatable bonds is 12. The number of amides is 2. The highest BCUT2D eigenvalue weighted by atomic mass is 35.5. The van der Waals surface area contributed by atoms with Crippen LogP contribution in [0.4, 0.5) is 14.9 Å². The molecule has 0 spiro atoms. The number of hydrogen-bond acceptors (Lipinski definition) is 10. The van der Waals surface area contributed by atoms with Gasteiger partial charge in [0.25, 0.3) is 0 Å². The summed E-state index contributed by atoms with van der Waals surface area (Å²) in [6.45, 7) is 11.9. The van der Waals surface area contributed by atoms with Crippen LogP contribution in [0.1, 0.15) is 70.8 Å². The summed E-state index contributed by atoms with van der Waals surface area (Å²) in [7, 11) is 1.36. The number of allylic oxidation sites excluding steroid dienone is 4. The molecule has 1 heterocycles. The second-order valence-electron chi connectivity index (χ2n) is 15.9. The molecule has 2 amide bonds. The number of nitrogens with zero attached hydrogens (tertiary/aromatic N) is 1. The standard InChI is InChI=1S/C42H47Cl2FN4O8/c1-24(47-39(53)57-41(5,6)7)37(51)55-18-19-56-38(52)26-13-17-31(32(20-26)54-8)48-36(50)35-34(25-10-9-11-27(43)14-12-25)42(23-46,33(49-35)22-40(2,3)4)29-16-15-28(44)21-30(29)45/h9-11,13,15-17,20-21,24-25,33-35,49H,18-19,22H2,1-8H3,(H,47,53)(H,48,50)/t24-,25?,33?,34?,35+,42-/m0/s1. The number of methoxy groups -OCH3 is 1. The zero-order chi connectivity index (χ0) is 42.3. The number of esters is 2. The molecule has 3 unspecified atom stereocenters. The maximum atomic E-state index is 16.0. The lowest BCUT2D eigenvalue weighted by Crippen LogP contribution is -2.47. The molecule has 2 aromatic carbocycles. The van der Waals surface area contributed by atoms with Crippen molar-refractivity contribution < 1.29 is 42.5 Å². The number of ether oxygens (including phenoxy) is 4.